The zero-order valence-corrected chi connectivity index (χ0v) is 12.1. The van der Waals surface area contributed by atoms with Crippen molar-refractivity contribution in [2.75, 3.05) is 0 Å². The van der Waals surface area contributed by atoms with E-state index >= 15 is 0 Å². The van der Waals surface area contributed by atoms with Crippen LogP contribution >= 0.6 is 0 Å². The fourth-order valence-corrected chi connectivity index (χ4v) is 3.45. The monoisotopic (exact) mass is 312 g/mol. The van der Waals surface area contributed by atoms with Crippen LogP contribution in [0.5, 0.6) is 0 Å². The third-order valence-corrected chi connectivity index (χ3v) is 4.48. The maximum atomic E-state index is 12.5. The molecule has 3 nitrogen and oxygen atoms in total. The fourth-order valence-electron chi connectivity index (χ4n) is 3.45. The highest BCUT2D eigenvalue weighted by atomic mass is 19.4. The van der Waals surface area contributed by atoms with Crippen molar-refractivity contribution >= 4 is 5.91 Å². The molecule has 1 aromatic rings. The molecule has 2 aliphatic heterocycles. The SMILES string of the molecule is O=C(Cc1ccc(C(F)(F)F)cc1)NC1CC2CCC(C1)N2. The third kappa shape index (κ3) is 3.61. The van der Waals surface area contributed by atoms with Crippen LogP contribution in [0.3, 0.4) is 0 Å². The Morgan fingerprint density at radius 3 is 2.27 bits per heavy atom. The molecule has 0 aliphatic carbocycles. The van der Waals surface area contributed by atoms with Gasteiger partial charge < -0.3 is 10.6 Å². The molecule has 2 unspecified atom stereocenters. The first-order chi connectivity index (χ1) is 10.4. The summed E-state index contributed by atoms with van der Waals surface area (Å²) in [5.41, 5.74) is -0.0889. The van der Waals surface area contributed by atoms with E-state index in [9.17, 15) is 18.0 Å². The highest BCUT2D eigenvalue weighted by Gasteiger charge is 2.34. The van der Waals surface area contributed by atoms with Crippen molar-refractivity contribution in [3.63, 3.8) is 0 Å². The number of hydrogen-bond donors (Lipinski definition) is 2. The second-order valence-corrected chi connectivity index (χ2v) is 6.25. The van der Waals surface area contributed by atoms with Gasteiger partial charge in [-0.2, -0.15) is 13.2 Å². The highest BCUT2D eigenvalue weighted by Crippen LogP contribution is 2.29. The summed E-state index contributed by atoms with van der Waals surface area (Å²) >= 11 is 0. The zero-order valence-electron chi connectivity index (χ0n) is 12.1. The van der Waals surface area contributed by atoms with Crippen molar-refractivity contribution in [2.45, 2.75) is 56.4 Å². The van der Waals surface area contributed by atoms with E-state index in [1.165, 1.54) is 12.1 Å². The lowest BCUT2D eigenvalue weighted by molar-refractivity contribution is -0.137. The van der Waals surface area contributed by atoms with Gasteiger partial charge in [0.05, 0.1) is 12.0 Å². The van der Waals surface area contributed by atoms with Crippen molar-refractivity contribution < 1.29 is 18.0 Å². The third-order valence-electron chi connectivity index (χ3n) is 4.48. The number of halogens is 3. The van der Waals surface area contributed by atoms with Crippen molar-refractivity contribution in [1.29, 1.82) is 0 Å². The highest BCUT2D eigenvalue weighted by molar-refractivity contribution is 5.78. The van der Waals surface area contributed by atoms with Crippen LogP contribution in [0, 0.1) is 0 Å². The van der Waals surface area contributed by atoms with Gasteiger partial charge in [0, 0.05) is 18.1 Å². The molecular formula is C16H19F3N2O. The lowest BCUT2D eigenvalue weighted by atomic mass is 9.99. The fraction of sp³-hybridized carbons (Fsp3) is 0.562. The smallest absolute Gasteiger partial charge is 0.353 e. The van der Waals surface area contributed by atoms with Crippen LogP contribution < -0.4 is 10.6 Å². The molecule has 0 radical (unpaired) electrons. The van der Waals surface area contributed by atoms with E-state index in [0.29, 0.717) is 17.6 Å². The first kappa shape index (κ1) is 15.3. The molecule has 2 atom stereocenters. The minimum absolute atomic E-state index is 0.119. The maximum Gasteiger partial charge on any atom is 0.416 e. The summed E-state index contributed by atoms with van der Waals surface area (Å²) < 4.78 is 37.5. The van der Waals surface area contributed by atoms with Crippen LogP contribution in [0.15, 0.2) is 24.3 Å². The Labute approximate surface area is 127 Å². The number of carbonyl (C=O) groups is 1. The van der Waals surface area contributed by atoms with Gasteiger partial charge in [0.2, 0.25) is 5.91 Å². The summed E-state index contributed by atoms with van der Waals surface area (Å²) in [5.74, 6) is -0.119. The second kappa shape index (κ2) is 5.91. The number of hydrogen-bond acceptors (Lipinski definition) is 2. The summed E-state index contributed by atoms with van der Waals surface area (Å²) in [5, 5.41) is 6.52. The van der Waals surface area contributed by atoms with Crippen LogP contribution in [0.2, 0.25) is 0 Å². The molecule has 3 rings (SSSR count). The molecule has 0 saturated carbocycles. The van der Waals surface area contributed by atoms with Crippen LogP contribution in [-0.4, -0.2) is 24.0 Å². The normalized spacial score (nSPS) is 27.7. The predicted octanol–water partition coefficient (Wildman–Crippen LogP) is 2.65. The van der Waals surface area contributed by atoms with Crippen molar-refractivity contribution in [3.05, 3.63) is 35.4 Å². The van der Waals surface area contributed by atoms with Crippen LogP contribution in [0.25, 0.3) is 0 Å². The van der Waals surface area contributed by atoms with E-state index in [1.54, 1.807) is 0 Å². The summed E-state index contributed by atoms with van der Waals surface area (Å²) in [6.07, 6.45) is -0.0110. The molecule has 2 fully saturated rings. The Bertz CT molecular complexity index is 529. The van der Waals surface area contributed by atoms with Crippen molar-refractivity contribution in [1.82, 2.24) is 10.6 Å². The Morgan fingerprint density at radius 1 is 1.14 bits per heavy atom. The number of benzene rings is 1. The van der Waals surface area contributed by atoms with E-state index in [0.717, 1.165) is 37.8 Å². The minimum atomic E-state index is -4.34. The summed E-state index contributed by atoms with van der Waals surface area (Å²) in [6, 6.07) is 5.95. The van der Waals surface area contributed by atoms with Gasteiger partial charge in [0.25, 0.3) is 0 Å². The average Bonchev–Trinajstić information content (AvgIpc) is 2.77. The lowest BCUT2D eigenvalue weighted by Gasteiger charge is -2.29. The first-order valence-corrected chi connectivity index (χ1v) is 7.62. The van der Waals surface area contributed by atoms with E-state index in [2.05, 4.69) is 10.6 Å². The molecule has 0 spiro atoms. The number of carbonyl (C=O) groups excluding carboxylic acids is 1. The Hall–Kier alpha value is -1.56. The van der Waals surface area contributed by atoms with Crippen LogP contribution in [0.4, 0.5) is 13.2 Å². The lowest BCUT2D eigenvalue weighted by Crippen LogP contribution is -2.48. The Balaban J connectivity index is 1.53. The molecule has 1 amide bonds. The molecule has 120 valence electrons. The molecule has 2 heterocycles. The summed E-state index contributed by atoms with van der Waals surface area (Å²) in [7, 11) is 0. The van der Waals surface area contributed by atoms with E-state index in [-0.39, 0.29) is 18.4 Å². The topological polar surface area (TPSA) is 41.1 Å². The molecule has 2 N–H and O–H groups in total. The number of piperidine rings is 1. The molecule has 2 bridgehead atoms. The molecule has 22 heavy (non-hydrogen) atoms. The second-order valence-electron chi connectivity index (χ2n) is 6.25. The molecule has 2 aliphatic rings. The van der Waals surface area contributed by atoms with E-state index < -0.39 is 11.7 Å². The zero-order chi connectivity index (χ0) is 15.7. The predicted molar refractivity (Wildman–Crippen MR) is 76.3 cm³/mol. The molecule has 1 aromatic carbocycles. The standard InChI is InChI=1S/C16H19F3N2O/c17-16(18,19)11-3-1-10(2-4-11)7-15(22)21-14-8-12-5-6-13(9-14)20-12/h1-4,12-14,20H,5-9H2,(H,21,22). The van der Waals surface area contributed by atoms with Crippen LogP contribution in [0.1, 0.15) is 36.8 Å². The molecular weight excluding hydrogens is 293 g/mol. The maximum absolute atomic E-state index is 12.5. The molecule has 0 aromatic heterocycles. The summed E-state index contributed by atoms with van der Waals surface area (Å²) in [4.78, 5) is 12.0. The van der Waals surface area contributed by atoms with Crippen LogP contribution in [-0.2, 0) is 17.4 Å². The van der Waals surface area contributed by atoms with Gasteiger partial charge in [0.15, 0.2) is 0 Å². The summed E-state index contributed by atoms with van der Waals surface area (Å²) in [6.45, 7) is 0. The molecule has 6 heteroatoms. The molecule has 2 saturated heterocycles. The first-order valence-electron chi connectivity index (χ1n) is 7.62. The largest absolute Gasteiger partial charge is 0.416 e. The van der Waals surface area contributed by atoms with Gasteiger partial charge in [-0.1, -0.05) is 12.1 Å². The van der Waals surface area contributed by atoms with Gasteiger partial charge >= 0.3 is 6.18 Å². The number of alkyl halides is 3. The average molecular weight is 312 g/mol. The quantitative estimate of drug-likeness (QED) is 0.901. The van der Waals surface area contributed by atoms with Gasteiger partial charge in [-0.05, 0) is 43.4 Å². The van der Waals surface area contributed by atoms with Crippen molar-refractivity contribution in [2.24, 2.45) is 0 Å². The van der Waals surface area contributed by atoms with Crippen molar-refractivity contribution in [3.8, 4) is 0 Å². The van der Waals surface area contributed by atoms with E-state index in [4.69, 9.17) is 0 Å². The Kier molecular flexibility index (Phi) is 4.12. The number of nitrogens with one attached hydrogen (secondary N) is 2. The number of rotatable bonds is 3. The number of fused-ring (bicyclic) bond motifs is 2. The Morgan fingerprint density at radius 2 is 1.73 bits per heavy atom. The van der Waals surface area contributed by atoms with E-state index in [1.807, 2.05) is 0 Å². The minimum Gasteiger partial charge on any atom is -0.353 e. The van der Waals surface area contributed by atoms with Gasteiger partial charge in [-0.3, -0.25) is 4.79 Å². The van der Waals surface area contributed by atoms with Gasteiger partial charge in [-0.15, -0.1) is 0 Å². The number of amides is 1. The van der Waals surface area contributed by atoms with Gasteiger partial charge in [0.1, 0.15) is 0 Å². The van der Waals surface area contributed by atoms with Gasteiger partial charge in [-0.25, -0.2) is 0 Å².